The van der Waals surface area contributed by atoms with E-state index in [9.17, 15) is 27.2 Å². The molecule has 0 aliphatic heterocycles. The highest BCUT2D eigenvalue weighted by Crippen LogP contribution is 2.31. The average Bonchev–Trinajstić information content (AvgIpc) is 2.46. The van der Waals surface area contributed by atoms with E-state index in [1.807, 2.05) is 0 Å². The second-order valence-corrected chi connectivity index (χ2v) is 5.77. The highest BCUT2D eigenvalue weighted by molar-refractivity contribution is 5.91. The topological polar surface area (TPSA) is 96.9 Å². The predicted molar refractivity (Wildman–Crippen MR) is 82.8 cm³/mol. The highest BCUT2D eigenvalue weighted by Gasteiger charge is 2.22. The molecule has 7 nitrogen and oxygen atoms in total. The lowest BCUT2D eigenvalue weighted by molar-refractivity contribution is -0.137. The first-order valence-electron chi connectivity index (χ1n) is 7.33. The molecule has 0 aromatic heterocycles. The van der Waals surface area contributed by atoms with Gasteiger partial charge in [0.15, 0.2) is 5.75 Å². The number of nitrogens with one attached hydrogen (secondary N) is 2. The van der Waals surface area contributed by atoms with Crippen molar-refractivity contribution in [1.29, 1.82) is 0 Å². The quantitative estimate of drug-likeness (QED) is 0.567. The molecule has 2 amide bonds. The van der Waals surface area contributed by atoms with Gasteiger partial charge in [0, 0.05) is 18.0 Å². The van der Waals surface area contributed by atoms with Gasteiger partial charge in [0.25, 0.3) is 0 Å². The maximum atomic E-state index is 12.5. The van der Waals surface area contributed by atoms with Gasteiger partial charge in [-0.05, 0) is 32.4 Å². The molecule has 1 aromatic rings. The Kier molecular flexibility index (Phi) is 7.47. The van der Waals surface area contributed by atoms with E-state index in [2.05, 4.69) is 20.1 Å². The molecule has 0 aliphatic rings. The SMILES string of the molecule is CC(C)(CCC(=O)O)NC(=O)Nc1ccc(OC(F)F)cc1OC(F)F. The molecule has 0 bridgehead atoms. The normalized spacial score (nSPS) is 11.4. The van der Waals surface area contributed by atoms with Crippen LogP contribution >= 0.6 is 0 Å². The van der Waals surface area contributed by atoms with Crippen molar-refractivity contribution in [3.8, 4) is 11.5 Å². The maximum Gasteiger partial charge on any atom is 0.387 e. The van der Waals surface area contributed by atoms with Crippen LogP contribution in [0.15, 0.2) is 18.2 Å². The molecule has 0 unspecified atom stereocenters. The Morgan fingerprint density at radius 1 is 1.15 bits per heavy atom. The first kappa shape index (κ1) is 21.3. The molecule has 0 heterocycles. The molecule has 0 fully saturated rings. The van der Waals surface area contributed by atoms with Crippen LogP contribution < -0.4 is 20.1 Å². The third-order valence-corrected chi connectivity index (χ3v) is 3.06. The molecule has 0 saturated heterocycles. The molecule has 26 heavy (non-hydrogen) atoms. The van der Waals surface area contributed by atoms with Gasteiger partial charge in [0.2, 0.25) is 0 Å². The van der Waals surface area contributed by atoms with Crippen LogP contribution in [0.1, 0.15) is 26.7 Å². The van der Waals surface area contributed by atoms with Crippen LogP contribution in [0.25, 0.3) is 0 Å². The summed E-state index contributed by atoms with van der Waals surface area (Å²) in [5, 5.41) is 13.4. The van der Waals surface area contributed by atoms with E-state index >= 15 is 0 Å². The molecule has 0 aliphatic carbocycles. The number of hydrogen-bond donors (Lipinski definition) is 3. The molecule has 1 aromatic carbocycles. The first-order chi connectivity index (χ1) is 12.0. The third-order valence-electron chi connectivity index (χ3n) is 3.06. The van der Waals surface area contributed by atoms with Crippen molar-refractivity contribution in [2.24, 2.45) is 0 Å². The Morgan fingerprint density at radius 3 is 2.31 bits per heavy atom. The van der Waals surface area contributed by atoms with Crippen molar-refractivity contribution in [3.05, 3.63) is 18.2 Å². The fraction of sp³-hybridized carbons (Fsp3) is 0.467. The second-order valence-electron chi connectivity index (χ2n) is 5.77. The zero-order valence-corrected chi connectivity index (χ0v) is 13.9. The number of benzene rings is 1. The minimum atomic E-state index is -3.26. The van der Waals surface area contributed by atoms with E-state index in [0.717, 1.165) is 18.2 Å². The van der Waals surface area contributed by atoms with Gasteiger partial charge >= 0.3 is 25.2 Å². The summed E-state index contributed by atoms with van der Waals surface area (Å²) in [6.45, 7) is -3.27. The van der Waals surface area contributed by atoms with Gasteiger partial charge in [0.1, 0.15) is 5.75 Å². The third kappa shape index (κ3) is 7.90. The Balaban J connectivity index is 2.86. The standard InChI is InChI=1S/C15H18F4N2O5/c1-15(2,6-5-11(22)23)21-14(24)20-9-4-3-8(25-12(16)17)7-10(9)26-13(18)19/h3-4,7,12-13H,5-6H2,1-2H3,(H,22,23)(H2,20,21,24). The molecule has 0 radical (unpaired) electrons. The fourth-order valence-electron chi connectivity index (χ4n) is 1.92. The van der Waals surface area contributed by atoms with E-state index in [1.54, 1.807) is 13.8 Å². The van der Waals surface area contributed by atoms with Gasteiger partial charge in [-0.15, -0.1) is 0 Å². The second kappa shape index (κ2) is 9.11. The maximum absolute atomic E-state index is 12.5. The number of carbonyl (C=O) groups excluding carboxylic acids is 1. The van der Waals surface area contributed by atoms with Crippen molar-refractivity contribution in [3.63, 3.8) is 0 Å². The number of anilines is 1. The monoisotopic (exact) mass is 382 g/mol. The van der Waals surface area contributed by atoms with Crippen molar-refractivity contribution in [1.82, 2.24) is 5.32 Å². The fourth-order valence-corrected chi connectivity index (χ4v) is 1.92. The summed E-state index contributed by atoms with van der Waals surface area (Å²) in [4.78, 5) is 22.6. The predicted octanol–water partition coefficient (Wildman–Crippen LogP) is 3.65. The molecular formula is C15H18F4N2O5. The van der Waals surface area contributed by atoms with Gasteiger partial charge in [-0.2, -0.15) is 17.6 Å². The smallest absolute Gasteiger partial charge is 0.387 e. The molecule has 0 spiro atoms. The Labute approximate surface area is 146 Å². The number of amides is 2. The molecule has 0 atom stereocenters. The Hall–Kier alpha value is -2.72. The van der Waals surface area contributed by atoms with Crippen LogP contribution in [0.2, 0.25) is 0 Å². The Bertz CT molecular complexity index is 640. The van der Waals surface area contributed by atoms with E-state index in [1.165, 1.54) is 0 Å². The van der Waals surface area contributed by atoms with Gasteiger partial charge < -0.3 is 25.2 Å². The number of urea groups is 1. The zero-order chi connectivity index (χ0) is 19.9. The van der Waals surface area contributed by atoms with Crippen LogP contribution in [0.4, 0.5) is 28.0 Å². The molecular weight excluding hydrogens is 364 g/mol. The highest BCUT2D eigenvalue weighted by atomic mass is 19.3. The lowest BCUT2D eigenvalue weighted by atomic mass is 9.99. The van der Waals surface area contributed by atoms with Gasteiger partial charge in [-0.25, -0.2) is 4.79 Å². The minimum absolute atomic E-state index is 0.122. The summed E-state index contributed by atoms with van der Waals surface area (Å²) in [6.07, 6.45) is -0.0655. The van der Waals surface area contributed by atoms with E-state index in [4.69, 9.17) is 5.11 Å². The largest absolute Gasteiger partial charge is 0.481 e. The summed E-state index contributed by atoms with van der Waals surface area (Å²) in [6, 6.07) is 2.06. The number of halogens is 4. The average molecular weight is 382 g/mol. The van der Waals surface area contributed by atoms with Crippen molar-refractivity contribution < 1.29 is 41.7 Å². The van der Waals surface area contributed by atoms with Crippen molar-refractivity contribution >= 4 is 17.7 Å². The summed E-state index contributed by atoms with van der Waals surface area (Å²) < 4.78 is 57.7. The van der Waals surface area contributed by atoms with E-state index in [0.29, 0.717) is 0 Å². The van der Waals surface area contributed by atoms with Crippen LogP contribution in [-0.4, -0.2) is 35.9 Å². The molecule has 11 heteroatoms. The van der Waals surface area contributed by atoms with E-state index in [-0.39, 0.29) is 18.5 Å². The molecule has 3 N–H and O–H groups in total. The summed E-state index contributed by atoms with van der Waals surface area (Å²) >= 11 is 0. The van der Waals surface area contributed by atoms with Crippen LogP contribution in [0, 0.1) is 0 Å². The molecule has 0 saturated carbocycles. The number of aliphatic carboxylic acids is 1. The van der Waals surface area contributed by atoms with Crippen LogP contribution in [0.5, 0.6) is 11.5 Å². The minimum Gasteiger partial charge on any atom is -0.481 e. The zero-order valence-electron chi connectivity index (χ0n) is 13.9. The van der Waals surface area contributed by atoms with Gasteiger partial charge in [-0.1, -0.05) is 0 Å². The van der Waals surface area contributed by atoms with E-state index < -0.39 is 42.3 Å². The van der Waals surface area contributed by atoms with Gasteiger partial charge in [-0.3, -0.25) is 4.79 Å². The molecule has 146 valence electrons. The summed E-state index contributed by atoms with van der Waals surface area (Å²) in [5.74, 6) is -2.04. The van der Waals surface area contributed by atoms with Crippen molar-refractivity contribution in [2.75, 3.05) is 5.32 Å². The number of rotatable bonds is 9. The lowest BCUT2D eigenvalue weighted by Crippen LogP contribution is -2.45. The Morgan fingerprint density at radius 2 is 1.77 bits per heavy atom. The number of ether oxygens (including phenoxy) is 2. The van der Waals surface area contributed by atoms with Crippen molar-refractivity contribution in [2.45, 2.75) is 45.5 Å². The lowest BCUT2D eigenvalue weighted by Gasteiger charge is -2.26. The first-order valence-corrected chi connectivity index (χ1v) is 7.33. The van der Waals surface area contributed by atoms with Crippen LogP contribution in [-0.2, 0) is 4.79 Å². The number of carbonyl (C=O) groups is 2. The summed E-state index contributed by atoms with van der Waals surface area (Å²) in [5.41, 5.74) is -1.11. The van der Waals surface area contributed by atoms with Crippen LogP contribution in [0.3, 0.4) is 0 Å². The summed E-state index contributed by atoms with van der Waals surface area (Å²) in [7, 11) is 0. The number of carboxylic acids is 1. The van der Waals surface area contributed by atoms with Gasteiger partial charge in [0.05, 0.1) is 5.69 Å². The molecule has 1 rings (SSSR count). The number of carboxylic acid groups (broad SMARTS) is 1. The number of alkyl halides is 4. The number of hydrogen-bond acceptors (Lipinski definition) is 4.